The molecule has 0 saturated carbocycles. The van der Waals surface area contributed by atoms with Gasteiger partial charge in [-0.3, -0.25) is 34.0 Å². The number of carboxylic acids is 2. The Labute approximate surface area is 278 Å². The van der Waals surface area contributed by atoms with Crippen molar-refractivity contribution in [1.82, 2.24) is 24.9 Å². The number of carbonyl (C=O) groups is 3. The lowest BCUT2D eigenvalue weighted by Crippen LogP contribution is -2.50. The fourth-order valence-corrected chi connectivity index (χ4v) is 4.60. The molecule has 17 heteroatoms. The van der Waals surface area contributed by atoms with Crippen LogP contribution in [-0.2, 0) is 38.1 Å². The van der Waals surface area contributed by atoms with E-state index < -0.39 is 18.2 Å². The number of amides is 1. The fourth-order valence-electron chi connectivity index (χ4n) is 4.60. The predicted octanol–water partition coefficient (Wildman–Crippen LogP) is -2.31. The minimum Gasteiger partial charge on any atom is -0.480 e. The number of rotatable bonds is 26. The van der Waals surface area contributed by atoms with Crippen molar-refractivity contribution in [2.24, 2.45) is 0 Å². The Bertz CT molecular complexity index is 813. The number of hydrogen-bond donors (Lipinski definition) is 5. The summed E-state index contributed by atoms with van der Waals surface area (Å²) < 4.78 is 27.3. The molecule has 0 aromatic heterocycles. The Kier molecular flexibility index (Phi) is 26.5. The van der Waals surface area contributed by atoms with Gasteiger partial charge in [-0.15, -0.1) is 0 Å². The third-order valence-corrected chi connectivity index (χ3v) is 7.14. The number of aliphatic hydroxyl groups is 2. The first-order valence-electron chi connectivity index (χ1n) is 16.5. The van der Waals surface area contributed by atoms with Crippen molar-refractivity contribution in [1.29, 1.82) is 0 Å². The average molecular weight is 682 g/mol. The normalized spacial score (nSPS) is 16.6. The molecule has 0 aromatic rings. The van der Waals surface area contributed by atoms with Crippen LogP contribution in [0.4, 0.5) is 0 Å². The van der Waals surface area contributed by atoms with Crippen molar-refractivity contribution in [2.75, 3.05) is 151 Å². The van der Waals surface area contributed by atoms with Gasteiger partial charge in [0.2, 0.25) is 5.91 Å². The molecule has 1 fully saturated rings. The van der Waals surface area contributed by atoms with Gasteiger partial charge < -0.3 is 49.4 Å². The molecule has 0 atom stereocenters. The molecule has 0 unspecified atom stereocenters. The molecule has 1 rings (SSSR count). The van der Waals surface area contributed by atoms with E-state index in [2.05, 4.69) is 12.2 Å². The van der Waals surface area contributed by atoms with Crippen molar-refractivity contribution < 1.29 is 58.5 Å². The highest BCUT2D eigenvalue weighted by molar-refractivity contribution is 5.78. The van der Waals surface area contributed by atoms with Crippen LogP contribution in [0.5, 0.6) is 0 Å². The number of carbonyl (C=O) groups excluding carboxylic acids is 1. The second kappa shape index (κ2) is 28.9. The summed E-state index contributed by atoms with van der Waals surface area (Å²) in [7, 11) is 0. The lowest BCUT2D eigenvalue weighted by atomic mass is 10.3. The second-order valence-electron chi connectivity index (χ2n) is 11.2. The van der Waals surface area contributed by atoms with Gasteiger partial charge >= 0.3 is 11.9 Å². The zero-order chi connectivity index (χ0) is 34.5. The second-order valence-corrected chi connectivity index (χ2v) is 11.2. The Morgan fingerprint density at radius 2 is 0.936 bits per heavy atom. The predicted molar refractivity (Wildman–Crippen MR) is 171 cm³/mol. The molecule has 47 heavy (non-hydrogen) atoms. The summed E-state index contributed by atoms with van der Waals surface area (Å²) in [6, 6.07) is 0. The van der Waals surface area contributed by atoms with E-state index in [9.17, 15) is 34.8 Å². The van der Waals surface area contributed by atoms with Crippen LogP contribution in [0.1, 0.15) is 19.8 Å². The van der Waals surface area contributed by atoms with Crippen LogP contribution in [0.25, 0.3) is 0 Å². The number of hydrogen-bond acceptors (Lipinski definition) is 14. The van der Waals surface area contributed by atoms with E-state index in [4.69, 9.17) is 23.7 Å². The number of unbranched alkanes of at least 4 members (excludes halogenated alkanes) is 1. The first kappa shape index (κ1) is 43.0. The highest BCUT2D eigenvalue weighted by Gasteiger charge is 2.21. The number of aliphatic hydroxyl groups excluding tert-OH is 1. The minimum atomic E-state index is -1.56. The zero-order valence-corrected chi connectivity index (χ0v) is 28.1. The smallest absolute Gasteiger partial charge is 0.317 e. The van der Waals surface area contributed by atoms with E-state index in [1.54, 1.807) is 9.80 Å². The van der Waals surface area contributed by atoms with E-state index >= 15 is 0 Å². The molecule has 1 amide bonds. The SMILES string of the molecule is CCCCOCCOCCOCCOCCOCCNC(=O)CN1CCN(CC(=O)O)CCN(CC(=O)O)CCN(CC(O)O)CC1. The molecular weight excluding hydrogens is 622 g/mol. The maximum atomic E-state index is 12.7. The maximum absolute atomic E-state index is 12.7. The molecule has 0 radical (unpaired) electrons. The summed E-state index contributed by atoms with van der Waals surface area (Å²) in [5, 5.41) is 40.6. The molecule has 1 aliphatic rings. The largest absolute Gasteiger partial charge is 0.480 e. The summed E-state index contributed by atoms with van der Waals surface area (Å²) >= 11 is 0. The number of aliphatic carboxylic acids is 2. The van der Waals surface area contributed by atoms with Crippen LogP contribution in [-0.4, -0.2) is 215 Å². The van der Waals surface area contributed by atoms with Gasteiger partial charge in [0, 0.05) is 72.1 Å². The van der Waals surface area contributed by atoms with Gasteiger partial charge in [-0.05, 0) is 6.42 Å². The molecule has 0 aromatic carbocycles. The van der Waals surface area contributed by atoms with Gasteiger partial charge in [0.1, 0.15) is 0 Å². The molecule has 5 N–H and O–H groups in total. The minimum absolute atomic E-state index is 0.0232. The molecule has 1 aliphatic heterocycles. The van der Waals surface area contributed by atoms with Gasteiger partial charge in [0.25, 0.3) is 0 Å². The van der Waals surface area contributed by atoms with Gasteiger partial charge in [0.15, 0.2) is 6.29 Å². The quantitative estimate of drug-likeness (QED) is 0.0481. The van der Waals surface area contributed by atoms with Crippen LogP contribution in [0, 0.1) is 0 Å². The highest BCUT2D eigenvalue weighted by atomic mass is 16.6. The molecule has 1 heterocycles. The lowest BCUT2D eigenvalue weighted by molar-refractivity contribution is -0.140. The first-order valence-corrected chi connectivity index (χ1v) is 16.5. The summed E-state index contributed by atoms with van der Waals surface area (Å²) in [6.07, 6.45) is 0.615. The Balaban J connectivity index is 2.31. The van der Waals surface area contributed by atoms with Gasteiger partial charge in [-0.25, -0.2) is 0 Å². The lowest BCUT2D eigenvalue weighted by Gasteiger charge is -2.33. The molecule has 17 nitrogen and oxygen atoms in total. The number of ether oxygens (including phenoxy) is 5. The van der Waals surface area contributed by atoms with Crippen LogP contribution < -0.4 is 5.32 Å². The van der Waals surface area contributed by atoms with Crippen molar-refractivity contribution in [3.63, 3.8) is 0 Å². The van der Waals surface area contributed by atoms with E-state index in [1.807, 2.05) is 9.80 Å². The van der Waals surface area contributed by atoms with E-state index in [1.165, 1.54) is 0 Å². The van der Waals surface area contributed by atoms with E-state index in [-0.39, 0.29) is 32.1 Å². The number of carboxylic acid groups (broad SMARTS) is 2. The topological polar surface area (TPSA) is 203 Å². The van der Waals surface area contributed by atoms with Crippen molar-refractivity contribution in [3.8, 4) is 0 Å². The standard InChI is InChI=1S/C30H59N5O12/c1-2-3-13-43-15-17-45-19-21-47-22-20-46-18-16-44-14-4-31-27(36)23-32-5-7-33(24-28(37)38)9-11-35(26-30(41)42)12-10-34(8-6-32)25-29(39)40/h28,37-38H,2-26H2,1H3,(H,31,36)(H,39,40)(H,41,42). The first-order chi connectivity index (χ1) is 22.7. The number of nitrogens with one attached hydrogen (secondary N) is 1. The molecular formula is C30H59N5O12. The third kappa shape index (κ3) is 26.6. The number of nitrogens with zero attached hydrogens (tertiary/aromatic N) is 4. The highest BCUT2D eigenvalue weighted by Crippen LogP contribution is 2.02. The Hall–Kier alpha value is -2.03. The van der Waals surface area contributed by atoms with Crippen molar-refractivity contribution in [2.45, 2.75) is 26.1 Å². The van der Waals surface area contributed by atoms with Crippen LogP contribution in [0.3, 0.4) is 0 Å². The number of β-amino-alcohol motifs (C(OH)–C–C–N with tert-alkyl or cyclic N) is 2. The Morgan fingerprint density at radius 1 is 0.574 bits per heavy atom. The van der Waals surface area contributed by atoms with Crippen LogP contribution in [0.2, 0.25) is 0 Å². The van der Waals surface area contributed by atoms with Crippen LogP contribution in [0.15, 0.2) is 0 Å². The van der Waals surface area contributed by atoms with Gasteiger partial charge in [0.05, 0.1) is 79.1 Å². The molecule has 0 bridgehead atoms. The van der Waals surface area contributed by atoms with E-state index in [0.717, 1.165) is 19.4 Å². The summed E-state index contributed by atoms with van der Waals surface area (Å²) in [6.45, 7) is 9.94. The third-order valence-electron chi connectivity index (χ3n) is 7.14. The fraction of sp³-hybridized carbons (Fsp3) is 0.900. The summed E-state index contributed by atoms with van der Waals surface area (Å²) in [4.78, 5) is 42.6. The molecule has 0 aliphatic carbocycles. The maximum Gasteiger partial charge on any atom is 0.317 e. The molecule has 1 saturated heterocycles. The summed E-state index contributed by atoms with van der Waals surface area (Å²) in [5.41, 5.74) is 0. The summed E-state index contributed by atoms with van der Waals surface area (Å²) in [5.74, 6) is -2.20. The van der Waals surface area contributed by atoms with Crippen molar-refractivity contribution >= 4 is 17.8 Å². The van der Waals surface area contributed by atoms with Gasteiger partial charge in [-0.2, -0.15) is 0 Å². The molecule has 276 valence electrons. The monoisotopic (exact) mass is 681 g/mol. The van der Waals surface area contributed by atoms with Crippen LogP contribution >= 0.6 is 0 Å². The Morgan fingerprint density at radius 3 is 1.32 bits per heavy atom. The van der Waals surface area contributed by atoms with E-state index in [0.29, 0.717) is 118 Å². The molecule has 0 spiro atoms. The van der Waals surface area contributed by atoms with Crippen molar-refractivity contribution in [3.05, 3.63) is 0 Å². The zero-order valence-electron chi connectivity index (χ0n) is 28.1. The van der Waals surface area contributed by atoms with Gasteiger partial charge in [-0.1, -0.05) is 13.3 Å². The average Bonchev–Trinajstić information content (AvgIpc) is 3.01.